The fourth-order valence-corrected chi connectivity index (χ4v) is 3.90. The molecule has 1 heterocycles. The third-order valence-electron chi connectivity index (χ3n) is 4.99. The van der Waals surface area contributed by atoms with Crippen LogP contribution in [0.5, 0.6) is 5.75 Å². The number of nitrogens with zero attached hydrogens (tertiary/aromatic N) is 1. The minimum Gasteiger partial charge on any atom is -0.497 e. The number of halogens is 1. The number of allylic oxidation sites excluding steroid dienone is 3. The zero-order chi connectivity index (χ0) is 18.5. The SMILES string of the molecule is CCC1=C(CC)N(Cc2ccc(OC)cc2)C=CC1c1cccc(Cl)c1. The smallest absolute Gasteiger partial charge is 0.118 e. The minimum absolute atomic E-state index is 0.306. The summed E-state index contributed by atoms with van der Waals surface area (Å²) in [7, 11) is 1.70. The molecule has 136 valence electrons. The van der Waals surface area contributed by atoms with Crippen LogP contribution in [0.25, 0.3) is 0 Å². The molecule has 0 radical (unpaired) electrons. The van der Waals surface area contributed by atoms with Crippen LogP contribution in [0, 0.1) is 0 Å². The van der Waals surface area contributed by atoms with Crippen molar-refractivity contribution in [1.29, 1.82) is 0 Å². The molecule has 0 aromatic heterocycles. The summed E-state index contributed by atoms with van der Waals surface area (Å²) in [6, 6.07) is 16.5. The molecule has 3 rings (SSSR count). The van der Waals surface area contributed by atoms with E-state index in [-0.39, 0.29) is 0 Å². The number of rotatable bonds is 6. The molecular weight excluding hydrogens is 342 g/mol. The maximum Gasteiger partial charge on any atom is 0.118 e. The Morgan fingerprint density at radius 2 is 1.81 bits per heavy atom. The van der Waals surface area contributed by atoms with Crippen molar-refractivity contribution in [3.05, 3.63) is 88.2 Å². The average Bonchev–Trinajstić information content (AvgIpc) is 2.68. The number of hydrogen-bond acceptors (Lipinski definition) is 2. The molecule has 1 aliphatic heterocycles. The van der Waals surface area contributed by atoms with Crippen LogP contribution in [-0.4, -0.2) is 12.0 Å². The van der Waals surface area contributed by atoms with Gasteiger partial charge in [0.2, 0.25) is 0 Å². The van der Waals surface area contributed by atoms with Crippen LogP contribution in [0.15, 0.2) is 72.1 Å². The number of ether oxygens (including phenoxy) is 1. The molecule has 1 atom stereocenters. The predicted octanol–water partition coefficient (Wildman–Crippen LogP) is 6.54. The maximum atomic E-state index is 6.23. The van der Waals surface area contributed by atoms with Crippen molar-refractivity contribution in [2.24, 2.45) is 0 Å². The lowest BCUT2D eigenvalue weighted by atomic mass is 9.85. The Bertz CT molecular complexity index is 807. The fraction of sp³-hybridized carbons (Fsp3) is 0.304. The summed E-state index contributed by atoms with van der Waals surface area (Å²) in [5, 5.41) is 0.796. The molecule has 0 fully saturated rings. The van der Waals surface area contributed by atoms with E-state index in [0.29, 0.717) is 5.92 Å². The third-order valence-corrected chi connectivity index (χ3v) is 5.22. The van der Waals surface area contributed by atoms with Gasteiger partial charge in [-0.1, -0.05) is 55.8 Å². The van der Waals surface area contributed by atoms with Crippen LogP contribution in [-0.2, 0) is 6.54 Å². The summed E-state index contributed by atoms with van der Waals surface area (Å²) in [4.78, 5) is 2.38. The lowest BCUT2D eigenvalue weighted by Crippen LogP contribution is -2.23. The second-order valence-corrected chi connectivity index (χ2v) is 6.97. The lowest BCUT2D eigenvalue weighted by Gasteiger charge is -2.33. The van der Waals surface area contributed by atoms with E-state index >= 15 is 0 Å². The summed E-state index contributed by atoms with van der Waals surface area (Å²) in [6.45, 7) is 5.35. The van der Waals surface area contributed by atoms with Gasteiger partial charge in [-0.05, 0) is 53.8 Å². The van der Waals surface area contributed by atoms with Gasteiger partial charge in [-0.25, -0.2) is 0 Å². The van der Waals surface area contributed by atoms with Gasteiger partial charge in [0.1, 0.15) is 5.75 Å². The third kappa shape index (κ3) is 3.96. The van der Waals surface area contributed by atoms with E-state index in [4.69, 9.17) is 16.3 Å². The van der Waals surface area contributed by atoms with Gasteiger partial charge in [0, 0.05) is 29.4 Å². The lowest BCUT2D eigenvalue weighted by molar-refractivity contribution is 0.411. The first-order valence-corrected chi connectivity index (χ1v) is 9.59. The molecule has 1 unspecified atom stereocenters. The molecule has 0 saturated carbocycles. The van der Waals surface area contributed by atoms with Crippen molar-refractivity contribution in [3.63, 3.8) is 0 Å². The van der Waals surface area contributed by atoms with Crippen LogP contribution >= 0.6 is 11.6 Å². The summed E-state index contributed by atoms with van der Waals surface area (Å²) in [6.07, 6.45) is 6.57. The zero-order valence-electron chi connectivity index (χ0n) is 15.7. The summed E-state index contributed by atoms with van der Waals surface area (Å²) < 4.78 is 5.26. The summed E-state index contributed by atoms with van der Waals surface area (Å²) >= 11 is 6.23. The molecule has 2 aromatic carbocycles. The molecule has 26 heavy (non-hydrogen) atoms. The Labute approximate surface area is 161 Å². The molecule has 0 spiro atoms. The molecule has 0 bridgehead atoms. The van der Waals surface area contributed by atoms with E-state index < -0.39 is 0 Å². The molecule has 0 saturated heterocycles. The van der Waals surface area contributed by atoms with Crippen molar-refractivity contribution in [3.8, 4) is 5.75 Å². The topological polar surface area (TPSA) is 12.5 Å². The standard InChI is InChI=1S/C23H26ClNO/c1-4-21-22(18-7-6-8-19(24)15-18)13-14-25(23(21)5-2)16-17-9-11-20(26-3)12-10-17/h6-15,22H,4-5,16H2,1-3H3. The van der Waals surface area contributed by atoms with E-state index in [1.54, 1.807) is 7.11 Å². The first kappa shape index (κ1) is 18.6. The quantitative estimate of drug-likeness (QED) is 0.575. The van der Waals surface area contributed by atoms with Gasteiger partial charge < -0.3 is 9.64 Å². The van der Waals surface area contributed by atoms with Crippen LogP contribution < -0.4 is 4.74 Å². The van der Waals surface area contributed by atoms with E-state index in [2.05, 4.69) is 55.3 Å². The second-order valence-electron chi connectivity index (χ2n) is 6.53. The zero-order valence-corrected chi connectivity index (χ0v) is 16.5. The van der Waals surface area contributed by atoms with E-state index in [9.17, 15) is 0 Å². The molecule has 0 N–H and O–H groups in total. The molecule has 3 heteroatoms. The summed E-state index contributed by atoms with van der Waals surface area (Å²) in [5.74, 6) is 1.20. The highest BCUT2D eigenvalue weighted by Crippen LogP contribution is 2.37. The summed E-state index contributed by atoms with van der Waals surface area (Å²) in [5.41, 5.74) is 5.43. The highest BCUT2D eigenvalue weighted by Gasteiger charge is 2.23. The second kappa shape index (κ2) is 8.46. The van der Waals surface area contributed by atoms with Gasteiger partial charge in [-0.3, -0.25) is 0 Å². The molecule has 2 aromatic rings. The van der Waals surface area contributed by atoms with Gasteiger partial charge in [0.15, 0.2) is 0 Å². The van der Waals surface area contributed by atoms with E-state index in [1.165, 1.54) is 22.4 Å². The Hall–Kier alpha value is -2.19. The highest BCUT2D eigenvalue weighted by molar-refractivity contribution is 6.30. The van der Waals surface area contributed by atoms with Crippen LogP contribution in [0.3, 0.4) is 0 Å². The van der Waals surface area contributed by atoms with Crippen LogP contribution in [0.2, 0.25) is 5.02 Å². The van der Waals surface area contributed by atoms with E-state index in [1.807, 2.05) is 24.3 Å². The van der Waals surface area contributed by atoms with Gasteiger partial charge in [-0.15, -0.1) is 0 Å². The molecule has 0 amide bonds. The van der Waals surface area contributed by atoms with Crippen molar-refractivity contribution in [1.82, 2.24) is 4.90 Å². The number of hydrogen-bond donors (Lipinski definition) is 0. The normalized spacial score (nSPS) is 16.9. The Balaban J connectivity index is 1.89. The minimum atomic E-state index is 0.306. The van der Waals surface area contributed by atoms with Gasteiger partial charge in [0.25, 0.3) is 0 Å². The van der Waals surface area contributed by atoms with Crippen molar-refractivity contribution >= 4 is 11.6 Å². The van der Waals surface area contributed by atoms with E-state index in [0.717, 1.165) is 30.2 Å². The van der Waals surface area contributed by atoms with Crippen molar-refractivity contribution in [2.45, 2.75) is 39.2 Å². The Morgan fingerprint density at radius 3 is 2.42 bits per heavy atom. The average molecular weight is 368 g/mol. The van der Waals surface area contributed by atoms with Gasteiger partial charge in [0.05, 0.1) is 7.11 Å². The first-order valence-electron chi connectivity index (χ1n) is 9.21. The van der Waals surface area contributed by atoms with Crippen LogP contribution in [0.4, 0.5) is 0 Å². The first-order chi connectivity index (χ1) is 12.7. The largest absolute Gasteiger partial charge is 0.497 e. The molecular formula is C23H26ClNO. The fourth-order valence-electron chi connectivity index (χ4n) is 3.70. The monoisotopic (exact) mass is 367 g/mol. The molecule has 0 aliphatic carbocycles. The highest BCUT2D eigenvalue weighted by atomic mass is 35.5. The Kier molecular flexibility index (Phi) is 6.05. The van der Waals surface area contributed by atoms with Gasteiger partial charge in [-0.2, -0.15) is 0 Å². The van der Waals surface area contributed by atoms with Crippen LogP contribution in [0.1, 0.15) is 43.7 Å². The molecule has 2 nitrogen and oxygen atoms in total. The van der Waals surface area contributed by atoms with Crippen molar-refractivity contribution < 1.29 is 4.74 Å². The molecule has 1 aliphatic rings. The van der Waals surface area contributed by atoms with Crippen molar-refractivity contribution in [2.75, 3.05) is 7.11 Å². The maximum absolute atomic E-state index is 6.23. The predicted molar refractivity (Wildman–Crippen MR) is 109 cm³/mol. The number of methoxy groups -OCH3 is 1. The van der Waals surface area contributed by atoms with Gasteiger partial charge >= 0.3 is 0 Å². The number of benzene rings is 2. The Morgan fingerprint density at radius 1 is 1.04 bits per heavy atom.